The molecular formula is C19H18F3N7O. The molecule has 0 bridgehead atoms. The topological polar surface area (TPSA) is 84.1 Å². The van der Waals surface area contributed by atoms with Crippen molar-refractivity contribution in [3.63, 3.8) is 0 Å². The highest BCUT2D eigenvalue weighted by molar-refractivity contribution is 5.72. The van der Waals surface area contributed by atoms with E-state index in [1.54, 1.807) is 26.1 Å². The summed E-state index contributed by atoms with van der Waals surface area (Å²) in [5, 5.41) is 0. The summed E-state index contributed by atoms with van der Waals surface area (Å²) >= 11 is 0. The van der Waals surface area contributed by atoms with Crippen LogP contribution >= 0.6 is 0 Å². The molecule has 1 aliphatic rings. The highest BCUT2D eigenvalue weighted by atomic mass is 19.3. The van der Waals surface area contributed by atoms with E-state index in [9.17, 15) is 18.0 Å². The maximum Gasteiger partial charge on any atom is 0.327 e. The quantitative estimate of drug-likeness (QED) is 0.552. The van der Waals surface area contributed by atoms with Gasteiger partial charge in [-0.3, -0.25) is 13.9 Å². The molecule has 11 heteroatoms. The Kier molecular flexibility index (Phi) is 4.54. The minimum atomic E-state index is -2.37. The fourth-order valence-corrected chi connectivity index (χ4v) is 4.05. The molecule has 0 unspecified atom stereocenters. The van der Waals surface area contributed by atoms with E-state index in [0.717, 1.165) is 0 Å². The van der Waals surface area contributed by atoms with Gasteiger partial charge >= 0.3 is 5.69 Å². The lowest BCUT2D eigenvalue weighted by molar-refractivity contribution is 0.0702. The predicted octanol–water partition coefficient (Wildman–Crippen LogP) is 2.48. The van der Waals surface area contributed by atoms with E-state index in [-0.39, 0.29) is 18.3 Å². The average Bonchev–Trinajstić information content (AvgIpc) is 3.27. The van der Waals surface area contributed by atoms with E-state index in [4.69, 9.17) is 0 Å². The maximum atomic E-state index is 13.7. The molecule has 5 rings (SSSR count). The Bertz CT molecular complexity index is 1270. The molecule has 0 amide bonds. The van der Waals surface area contributed by atoms with Crippen LogP contribution in [0.5, 0.6) is 0 Å². The molecule has 5 heterocycles. The second kappa shape index (κ2) is 7.24. The lowest BCUT2D eigenvalue weighted by Gasteiger charge is -2.31. The monoisotopic (exact) mass is 417 g/mol. The molecular weight excluding hydrogens is 399 g/mol. The highest BCUT2D eigenvalue weighted by Gasteiger charge is 2.26. The second-order valence-corrected chi connectivity index (χ2v) is 7.37. The van der Waals surface area contributed by atoms with E-state index in [1.165, 1.54) is 18.5 Å². The number of fused-ring (bicyclic) bond motifs is 2. The average molecular weight is 417 g/mol. The van der Waals surface area contributed by atoms with Gasteiger partial charge in [-0.05, 0) is 25.0 Å². The van der Waals surface area contributed by atoms with Crippen molar-refractivity contribution in [2.45, 2.75) is 25.3 Å². The first kappa shape index (κ1) is 18.8. The van der Waals surface area contributed by atoms with Crippen molar-refractivity contribution in [3.05, 3.63) is 47.0 Å². The van der Waals surface area contributed by atoms with Gasteiger partial charge in [0.1, 0.15) is 22.7 Å². The third kappa shape index (κ3) is 3.24. The Balaban J connectivity index is 1.52. The maximum absolute atomic E-state index is 13.7. The van der Waals surface area contributed by atoms with Gasteiger partial charge in [0.05, 0.1) is 18.9 Å². The van der Waals surface area contributed by atoms with Crippen LogP contribution < -0.4 is 5.69 Å². The number of hydrogen-bond donors (Lipinski definition) is 1. The van der Waals surface area contributed by atoms with E-state index in [2.05, 4.69) is 19.9 Å². The Morgan fingerprint density at radius 3 is 2.73 bits per heavy atom. The van der Waals surface area contributed by atoms with Gasteiger partial charge in [0.2, 0.25) is 0 Å². The van der Waals surface area contributed by atoms with Gasteiger partial charge in [0.15, 0.2) is 11.5 Å². The fourth-order valence-electron chi connectivity index (χ4n) is 4.05. The van der Waals surface area contributed by atoms with Crippen LogP contribution in [-0.4, -0.2) is 59.9 Å². The van der Waals surface area contributed by atoms with Crippen LogP contribution in [0.4, 0.5) is 13.2 Å². The standard InChI is InChI=1S/C19H18F3N7O/c20-11-1-2-16-23-8-14(28(16)9-11)17-24-7-13-18(26-17)29(19(30)25-13)12-3-5-27(6-4-12)10-15(21)22/h1-2,7-9,12,15H,3-6,10H2,(H,25,30). The van der Waals surface area contributed by atoms with Crippen LogP contribution in [0, 0.1) is 5.82 Å². The summed E-state index contributed by atoms with van der Waals surface area (Å²) in [5.74, 6) is -0.111. The molecule has 1 fully saturated rings. The zero-order valence-corrected chi connectivity index (χ0v) is 15.8. The first-order chi connectivity index (χ1) is 14.5. The number of halogens is 3. The first-order valence-corrected chi connectivity index (χ1v) is 9.60. The largest absolute Gasteiger partial charge is 0.327 e. The third-order valence-corrected chi connectivity index (χ3v) is 5.47. The normalized spacial score (nSPS) is 16.3. The minimum absolute atomic E-state index is 0.150. The molecule has 30 heavy (non-hydrogen) atoms. The number of rotatable bonds is 4. The van der Waals surface area contributed by atoms with Gasteiger partial charge in [0, 0.05) is 25.3 Å². The number of H-pyrrole nitrogens is 1. The predicted molar refractivity (Wildman–Crippen MR) is 103 cm³/mol. The molecule has 4 aromatic rings. The first-order valence-electron chi connectivity index (χ1n) is 9.60. The molecule has 0 atom stereocenters. The number of hydrogen-bond acceptors (Lipinski definition) is 5. The highest BCUT2D eigenvalue weighted by Crippen LogP contribution is 2.26. The molecule has 4 aromatic heterocycles. The summed E-state index contributed by atoms with van der Waals surface area (Å²) in [6, 6.07) is 2.72. The third-order valence-electron chi connectivity index (χ3n) is 5.47. The Morgan fingerprint density at radius 2 is 1.97 bits per heavy atom. The molecule has 1 aliphatic heterocycles. The van der Waals surface area contributed by atoms with Crippen molar-refractivity contribution >= 4 is 16.8 Å². The fraction of sp³-hybridized carbons (Fsp3) is 0.368. The molecule has 0 aromatic carbocycles. The van der Waals surface area contributed by atoms with Gasteiger partial charge < -0.3 is 4.98 Å². The molecule has 1 saturated heterocycles. The summed E-state index contributed by atoms with van der Waals surface area (Å²) < 4.78 is 42.1. The van der Waals surface area contributed by atoms with Crippen LogP contribution in [0.1, 0.15) is 18.9 Å². The Hall–Kier alpha value is -3.21. The summed E-state index contributed by atoms with van der Waals surface area (Å²) in [7, 11) is 0. The van der Waals surface area contributed by atoms with Gasteiger partial charge in [-0.2, -0.15) is 0 Å². The van der Waals surface area contributed by atoms with Crippen molar-refractivity contribution in [2.24, 2.45) is 0 Å². The number of aromatic nitrogens is 6. The molecule has 1 N–H and O–H groups in total. The minimum Gasteiger partial charge on any atom is -0.303 e. The van der Waals surface area contributed by atoms with Crippen LogP contribution in [0.15, 0.2) is 35.5 Å². The summed E-state index contributed by atoms with van der Waals surface area (Å²) in [4.78, 5) is 30.2. The number of nitrogens with zero attached hydrogens (tertiary/aromatic N) is 6. The lowest BCUT2D eigenvalue weighted by Crippen LogP contribution is -2.39. The zero-order valence-electron chi connectivity index (χ0n) is 15.8. The number of imidazole rings is 2. The number of alkyl halides is 2. The molecule has 0 spiro atoms. The molecule has 0 aliphatic carbocycles. The second-order valence-electron chi connectivity index (χ2n) is 7.37. The Morgan fingerprint density at radius 1 is 1.17 bits per heavy atom. The SMILES string of the molecule is O=c1[nH]c2cnc(-c3cnc4ccc(F)cn34)nc2n1C1CCN(CC(F)F)CC1. The van der Waals surface area contributed by atoms with Gasteiger partial charge in [0.25, 0.3) is 6.43 Å². The van der Waals surface area contributed by atoms with Crippen LogP contribution in [0.3, 0.4) is 0 Å². The van der Waals surface area contributed by atoms with Crippen LogP contribution in [0.2, 0.25) is 0 Å². The molecule has 156 valence electrons. The van der Waals surface area contributed by atoms with Crippen molar-refractivity contribution in [2.75, 3.05) is 19.6 Å². The summed E-state index contributed by atoms with van der Waals surface area (Å²) in [5.41, 5.74) is 1.65. The van der Waals surface area contributed by atoms with Crippen molar-refractivity contribution < 1.29 is 13.2 Å². The van der Waals surface area contributed by atoms with Crippen LogP contribution in [0.25, 0.3) is 28.3 Å². The van der Waals surface area contributed by atoms with Crippen molar-refractivity contribution in [1.29, 1.82) is 0 Å². The van der Waals surface area contributed by atoms with Crippen molar-refractivity contribution in [1.82, 2.24) is 33.8 Å². The Labute approximate surface area is 168 Å². The summed E-state index contributed by atoms with van der Waals surface area (Å²) in [6.07, 6.45) is 3.13. The van der Waals surface area contributed by atoms with E-state index in [0.29, 0.717) is 54.3 Å². The van der Waals surface area contributed by atoms with Crippen LogP contribution in [-0.2, 0) is 0 Å². The van der Waals surface area contributed by atoms with Gasteiger partial charge in [-0.25, -0.2) is 32.9 Å². The lowest BCUT2D eigenvalue weighted by atomic mass is 10.0. The summed E-state index contributed by atoms with van der Waals surface area (Å²) in [6.45, 7) is 0.712. The molecule has 0 saturated carbocycles. The van der Waals surface area contributed by atoms with E-state index < -0.39 is 12.2 Å². The van der Waals surface area contributed by atoms with E-state index in [1.807, 2.05) is 0 Å². The van der Waals surface area contributed by atoms with Gasteiger partial charge in [-0.1, -0.05) is 0 Å². The van der Waals surface area contributed by atoms with E-state index >= 15 is 0 Å². The number of aromatic amines is 1. The van der Waals surface area contributed by atoms with Crippen molar-refractivity contribution in [3.8, 4) is 11.5 Å². The molecule has 0 radical (unpaired) electrons. The number of nitrogens with one attached hydrogen (secondary N) is 1. The number of piperidine rings is 1. The smallest absolute Gasteiger partial charge is 0.303 e. The number of pyridine rings is 1. The molecule has 8 nitrogen and oxygen atoms in total. The van der Waals surface area contributed by atoms with Gasteiger partial charge in [-0.15, -0.1) is 0 Å². The zero-order chi connectivity index (χ0) is 20.8. The number of likely N-dealkylation sites (tertiary alicyclic amines) is 1.